The van der Waals surface area contributed by atoms with Crippen LogP contribution < -0.4 is 5.73 Å². The molecule has 6 nitrogen and oxygen atoms in total. The van der Waals surface area contributed by atoms with Crippen LogP contribution in [0.4, 0.5) is 0 Å². The lowest BCUT2D eigenvalue weighted by molar-refractivity contribution is -0.284. The molecule has 114 valence electrons. The van der Waals surface area contributed by atoms with Gasteiger partial charge in [0.05, 0.1) is 6.10 Å². The van der Waals surface area contributed by atoms with E-state index >= 15 is 0 Å². The Morgan fingerprint density at radius 3 is 2.37 bits per heavy atom. The summed E-state index contributed by atoms with van der Waals surface area (Å²) >= 11 is 1.59. The van der Waals surface area contributed by atoms with Gasteiger partial charge in [-0.2, -0.15) is 11.8 Å². The highest BCUT2D eigenvalue weighted by Crippen LogP contribution is 2.24. The highest BCUT2D eigenvalue weighted by molar-refractivity contribution is 7.99. The lowest BCUT2D eigenvalue weighted by atomic mass is 10.00. The van der Waals surface area contributed by atoms with E-state index in [2.05, 4.69) is 0 Å². The van der Waals surface area contributed by atoms with Crippen LogP contribution in [-0.4, -0.2) is 70.2 Å². The molecular weight excluding hydrogens is 270 g/mol. The lowest BCUT2D eigenvalue weighted by Gasteiger charge is -2.39. The van der Waals surface area contributed by atoms with Gasteiger partial charge in [-0.25, -0.2) is 0 Å². The average Bonchev–Trinajstić information content (AvgIpc) is 2.33. The molecule has 1 aliphatic heterocycles. The minimum atomic E-state index is -1.25. The van der Waals surface area contributed by atoms with Crippen LogP contribution in [0.3, 0.4) is 0 Å². The summed E-state index contributed by atoms with van der Waals surface area (Å²) in [6, 6.07) is 0. The van der Waals surface area contributed by atoms with E-state index in [1.807, 2.05) is 13.8 Å². The molecule has 5 atom stereocenters. The Balaban J connectivity index is 2.40. The molecule has 1 aliphatic rings. The number of aliphatic hydroxyl groups excluding tert-OH is 3. The van der Waals surface area contributed by atoms with Crippen molar-refractivity contribution in [2.75, 3.05) is 18.6 Å². The van der Waals surface area contributed by atoms with Crippen LogP contribution in [0, 0.1) is 0 Å². The highest BCUT2D eigenvalue weighted by Gasteiger charge is 2.43. The maximum atomic E-state index is 9.85. The van der Waals surface area contributed by atoms with E-state index in [4.69, 9.17) is 15.2 Å². The molecule has 1 fully saturated rings. The Kier molecular flexibility index (Phi) is 6.52. The summed E-state index contributed by atoms with van der Waals surface area (Å²) in [6.45, 7) is 3.92. The average molecular weight is 295 g/mol. The molecule has 0 aromatic carbocycles. The Morgan fingerprint density at radius 2 is 1.84 bits per heavy atom. The van der Waals surface area contributed by atoms with Crippen molar-refractivity contribution in [2.24, 2.45) is 5.73 Å². The molecule has 0 radical (unpaired) electrons. The van der Waals surface area contributed by atoms with Crippen molar-refractivity contribution in [3.05, 3.63) is 0 Å². The molecule has 1 saturated heterocycles. The first-order valence-corrected chi connectivity index (χ1v) is 7.51. The number of hydrogen-bond acceptors (Lipinski definition) is 7. The van der Waals surface area contributed by atoms with Gasteiger partial charge in [-0.05, 0) is 26.0 Å². The standard InChI is InChI=1S/C12H25NO5S/c1-12(2,13)4-5-19-6-7-8(14)9(15)10(16)11(17-3)18-7/h7-11,14-16H,4-6,13H2,1-3H3. The fourth-order valence-corrected chi connectivity index (χ4v) is 3.13. The van der Waals surface area contributed by atoms with Crippen molar-refractivity contribution in [3.8, 4) is 0 Å². The second-order valence-electron chi connectivity index (χ2n) is 5.56. The third-order valence-corrected chi connectivity index (χ3v) is 4.13. The monoisotopic (exact) mass is 295 g/mol. The van der Waals surface area contributed by atoms with Crippen molar-refractivity contribution in [1.29, 1.82) is 0 Å². The third kappa shape index (κ3) is 5.18. The maximum Gasteiger partial charge on any atom is 0.186 e. The molecule has 5 N–H and O–H groups in total. The van der Waals surface area contributed by atoms with Crippen LogP contribution in [0.2, 0.25) is 0 Å². The van der Waals surface area contributed by atoms with Crippen molar-refractivity contribution in [2.45, 2.75) is 56.5 Å². The largest absolute Gasteiger partial charge is 0.388 e. The normalized spacial score (nSPS) is 36.5. The number of hydrogen-bond donors (Lipinski definition) is 4. The topological polar surface area (TPSA) is 105 Å². The maximum absolute atomic E-state index is 9.85. The predicted molar refractivity (Wildman–Crippen MR) is 73.9 cm³/mol. The van der Waals surface area contributed by atoms with E-state index in [1.54, 1.807) is 11.8 Å². The fraction of sp³-hybridized carbons (Fsp3) is 1.00. The summed E-state index contributed by atoms with van der Waals surface area (Å²) in [7, 11) is 1.39. The van der Waals surface area contributed by atoms with Crippen LogP contribution in [0.25, 0.3) is 0 Å². The van der Waals surface area contributed by atoms with Gasteiger partial charge in [-0.3, -0.25) is 0 Å². The molecule has 0 spiro atoms. The molecule has 19 heavy (non-hydrogen) atoms. The molecule has 0 aromatic heterocycles. The molecule has 0 saturated carbocycles. The molecule has 0 amide bonds. The van der Waals surface area contributed by atoms with Gasteiger partial charge in [0, 0.05) is 18.4 Å². The summed E-state index contributed by atoms with van der Waals surface area (Å²) < 4.78 is 10.4. The van der Waals surface area contributed by atoms with E-state index in [1.165, 1.54) is 7.11 Å². The van der Waals surface area contributed by atoms with Gasteiger partial charge in [0.25, 0.3) is 0 Å². The molecule has 0 aromatic rings. The van der Waals surface area contributed by atoms with E-state index in [0.717, 1.165) is 12.2 Å². The summed E-state index contributed by atoms with van der Waals surface area (Å²) in [6.07, 6.45) is -4.22. The summed E-state index contributed by atoms with van der Waals surface area (Å²) in [5.41, 5.74) is 5.66. The van der Waals surface area contributed by atoms with Gasteiger partial charge in [0.2, 0.25) is 0 Å². The van der Waals surface area contributed by atoms with Gasteiger partial charge >= 0.3 is 0 Å². The first-order valence-electron chi connectivity index (χ1n) is 6.35. The van der Waals surface area contributed by atoms with Crippen LogP contribution in [0.5, 0.6) is 0 Å². The van der Waals surface area contributed by atoms with Gasteiger partial charge in [-0.1, -0.05) is 0 Å². The predicted octanol–water partition coefficient (Wildman–Crippen LogP) is -0.699. The van der Waals surface area contributed by atoms with Crippen LogP contribution in [0.15, 0.2) is 0 Å². The summed E-state index contributed by atoms with van der Waals surface area (Å²) in [5.74, 6) is 1.35. The SMILES string of the molecule is COC1OC(CSCCC(C)(C)N)C(O)C(O)C1O. The molecular formula is C12H25NO5S. The molecule has 1 heterocycles. The number of thioether (sulfide) groups is 1. The number of nitrogens with two attached hydrogens (primary N) is 1. The number of rotatable bonds is 6. The quantitative estimate of drug-likeness (QED) is 0.480. The van der Waals surface area contributed by atoms with Gasteiger partial charge in [0.15, 0.2) is 6.29 Å². The van der Waals surface area contributed by atoms with E-state index in [9.17, 15) is 15.3 Å². The van der Waals surface area contributed by atoms with Crippen LogP contribution in [-0.2, 0) is 9.47 Å². The molecule has 7 heteroatoms. The van der Waals surface area contributed by atoms with E-state index in [-0.39, 0.29) is 5.54 Å². The summed E-state index contributed by atoms with van der Waals surface area (Å²) in [4.78, 5) is 0. The summed E-state index contributed by atoms with van der Waals surface area (Å²) in [5, 5.41) is 29.2. The van der Waals surface area contributed by atoms with Crippen molar-refractivity contribution in [3.63, 3.8) is 0 Å². The smallest absolute Gasteiger partial charge is 0.186 e. The Labute approximate surface area is 118 Å². The minimum absolute atomic E-state index is 0.218. The Hall–Kier alpha value is 0.110. The van der Waals surface area contributed by atoms with Gasteiger partial charge in [-0.15, -0.1) is 0 Å². The third-order valence-electron chi connectivity index (χ3n) is 3.07. The zero-order valence-electron chi connectivity index (χ0n) is 11.7. The Bertz CT molecular complexity index is 271. The van der Waals surface area contributed by atoms with Crippen LogP contribution >= 0.6 is 11.8 Å². The zero-order valence-corrected chi connectivity index (χ0v) is 12.5. The molecule has 1 rings (SSSR count). The minimum Gasteiger partial charge on any atom is -0.388 e. The first kappa shape index (κ1) is 17.2. The number of ether oxygens (including phenoxy) is 2. The van der Waals surface area contributed by atoms with Crippen molar-refractivity contribution < 1.29 is 24.8 Å². The Morgan fingerprint density at radius 1 is 1.21 bits per heavy atom. The van der Waals surface area contributed by atoms with Crippen molar-refractivity contribution in [1.82, 2.24) is 0 Å². The van der Waals surface area contributed by atoms with Crippen LogP contribution in [0.1, 0.15) is 20.3 Å². The van der Waals surface area contributed by atoms with E-state index in [0.29, 0.717) is 5.75 Å². The molecule has 0 aliphatic carbocycles. The highest BCUT2D eigenvalue weighted by atomic mass is 32.2. The lowest BCUT2D eigenvalue weighted by Crippen LogP contribution is -2.58. The van der Waals surface area contributed by atoms with E-state index < -0.39 is 30.7 Å². The first-order chi connectivity index (χ1) is 8.76. The van der Waals surface area contributed by atoms with Gasteiger partial charge in [0.1, 0.15) is 18.3 Å². The second kappa shape index (κ2) is 7.21. The molecule has 5 unspecified atom stereocenters. The van der Waals surface area contributed by atoms with Crippen molar-refractivity contribution >= 4 is 11.8 Å². The second-order valence-corrected chi connectivity index (χ2v) is 6.71. The van der Waals surface area contributed by atoms with Gasteiger partial charge < -0.3 is 30.5 Å². The number of aliphatic hydroxyl groups is 3. The fourth-order valence-electron chi connectivity index (χ4n) is 1.78. The number of methoxy groups -OCH3 is 1. The zero-order chi connectivity index (χ0) is 14.6. The molecule has 0 bridgehead atoms.